The maximum atomic E-state index is 12.9. The van der Waals surface area contributed by atoms with Gasteiger partial charge in [0, 0.05) is 6.07 Å². The lowest BCUT2D eigenvalue weighted by Gasteiger charge is -2.10. The van der Waals surface area contributed by atoms with Crippen molar-refractivity contribution in [1.29, 1.82) is 0 Å². The molecule has 0 saturated heterocycles. The van der Waals surface area contributed by atoms with Gasteiger partial charge in [0.15, 0.2) is 0 Å². The van der Waals surface area contributed by atoms with Crippen molar-refractivity contribution in [3.05, 3.63) is 45.2 Å². The average molecular weight is 377 g/mol. The SMILES string of the molecule is COc1cc(Br)c(Oc2cccc(F)n2)cc1Br. The number of hydrogen-bond acceptors (Lipinski definition) is 3. The van der Waals surface area contributed by atoms with Crippen molar-refractivity contribution in [2.75, 3.05) is 7.11 Å². The number of ether oxygens (including phenoxy) is 2. The van der Waals surface area contributed by atoms with E-state index in [4.69, 9.17) is 9.47 Å². The average Bonchev–Trinajstić information content (AvgIpc) is 2.33. The van der Waals surface area contributed by atoms with Crippen molar-refractivity contribution in [2.24, 2.45) is 0 Å². The second-order valence-electron chi connectivity index (χ2n) is 3.32. The molecule has 18 heavy (non-hydrogen) atoms. The maximum Gasteiger partial charge on any atom is 0.221 e. The molecule has 0 spiro atoms. The molecule has 0 fully saturated rings. The number of rotatable bonds is 3. The Kier molecular flexibility index (Phi) is 4.19. The first-order valence-corrected chi connectivity index (χ1v) is 6.52. The highest BCUT2D eigenvalue weighted by Crippen LogP contribution is 2.37. The first-order chi connectivity index (χ1) is 8.60. The Morgan fingerprint density at radius 2 is 1.78 bits per heavy atom. The Labute approximate surface area is 120 Å². The molecule has 0 amide bonds. The van der Waals surface area contributed by atoms with E-state index in [1.807, 2.05) is 0 Å². The number of methoxy groups -OCH3 is 1. The molecule has 1 aromatic heterocycles. The van der Waals surface area contributed by atoms with Crippen LogP contribution in [0.4, 0.5) is 4.39 Å². The fourth-order valence-electron chi connectivity index (χ4n) is 1.30. The molecule has 0 radical (unpaired) electrons. The largest absolute Gasteiger partial charge is 0.496 e. The van der Waals surface area contributed by atoms with E-state index in [1.54, 1.807) is 25.3 Å². The van der Waals surface area contributed by atoms with Gasteiger partial charge in [-0.3, -0.25) is 0 Å². The Balaban J connectivity index is 2.32. The van der Waals surface area contributed by atoms with Gasteiger partial charge in [-0.1, -0.05) is 6.07 Å². The first kappa shape index (κ1) is 13.3. The van der Waals surface area contributed by atoms with Gasteiger partial charge in [-0.25, -0.2) is 0 Å². The van der Waals surface area contributed by atoms with Crippen molar-refractivity contribution in [3.63, 3.8) is 0 Å². The minimum atomic E-state index is -0.587. The molecule has 6 heteroatoms. The Morgan fingerprint density at radius 3 is 2.44 bits per heavy atom. The molecule has 0 N–H and O–H groups in total. The van der Waals surface area contributed by atoms with Gasteiger partial charge >= 0.3 is 0 Å². The van der Waals surface area contributed by atoms with Crippen LogP contribution >= 0.6 is 31.9 Å². The molecule has 0 aliphatic heterocycles. The summed E-state index contributed by atoms with van der Waals surface area (Å²) < 4.78 is 25.0. The summed E-state index contributed by atoms with van der Waals surface area (Å²) in [4.78, 5) is 3.63. The lowest BCUT2D eigenvalue weighted by atomic mass is 10.3. The summed E-state index contributed by atoms with van der Waals surface area (Å²) in [6, 6.07) is 7.83. The Hall–Kier alpha value is -1.14. The zero-order valence-electron chi connectivity index (χ0n) is 9.28. The normalized spacial score (nSPS) is 10.2. The highest BCUT2D eigenvalue weighted by atomic mass is 79.9. The monoisotopic (exact) mass is 375 g/mol. The molecule has 0 aliphatic rings. The van der Waals surface area contributed by atoms with Gasteiger partial charge in [0.1, 0.15) is 11.5 Å². The van der Waals surface area contributed by atoms with E-state index >= 15 is 0 Å². The van der Waals surface area contributed by atoms with Crippen LogP contribution in [0.1, 0.15) is 0 Å². The number of pyridine rings is 1. The molecule has 0 saturated carbocycles. The maximum absolute atomic E-state index is 12.9. The van der Waals surface area contributed by atoms with Gasteiger partial charge in [-0.05, 0) is 50.1 Å². The van der Waals surface area contributed by atoms with Crippen LogP contribution < -0.4 is 9.47 Å². The third-order valence-corrected chi connectivity index (χ3v) is 3.35. The summed E-state index contributed by atoms with van der Waals surface area (Å²) in [5.74, 6) is 0.783. The summed E-state index contributed by atoms with van der Waals surface area (Å²) in [6.07, 6.45) is 0. The topological polar surface area (TPSA) is 31.4 Å². The van der Waals surface area contributed by atoms with Crippen molar-refractivity contribution < 1.29 is 13.9 Å². The molecular weight excluding hydrogens is 369 g/mol. The van der Waals surface area contributed by atoms with Gasteiger partial charge in [0.05, 0.1) is 16.1 Å². The zero-order valence-corrected chi connectivity index (χ0v) is 12.5. The van der Waals surface area contributed by atoms with Crippen LogP contribution in [0.3, 0.4) is 0 Å². The van der Waals surface area contributed by atoms with E-state index in [1.165, 1.54) is 12.1 Å². The lowest BCUT2D eigenvalue weighted by Crippen LogP contribution is -1.92. The lowest BCUT2D eigenvalue weighted by molar-refractivity contribution is 0.407. The van der Waals surface area contributed by atoms with Gasteiger partial charge < -0.3 is 9.47 Å². The molecular formula is C12H8Br2FNO2. The molecule has 3 nitrogen and oxygen atoms in total. The minimum absolute atomic E-state index is 0.188. The Bertz CT molecular complexity index is 578. The van der Waals surface area contributed by atoms with Crippen molar-refractivity contribution in [3.8, 4) is 17.4 Å². The second kappa shape index (κ2) is 5.67. The summed E-state index contributed by atoms with van der Waals surface area (Å²) >= 11 is 6.70. The minimum Gasteiger partial charge on any atom is -0.496 e. The zero-order chi connectivity index (χ0) is 13.1. The van der Waals surface area contributed by atoms with Crippen LogP contribution in [0.25, 0.3) is 0 Å². The fraction of sp³-hybridized carbons (Fsp3) is 0.0833. The molecule has 0 unspecified atom stereocenters. The van der Waals surface area contributed by atoms with Gasteiger partial charge in [0.25, 0.3) is 0 Å². The predicted octanol–water partition coefficient (Wildman–Crippen LogP) is 4.55. The fourth-order valence-corrected chi connectivity index (χ4v) is 2.19. The van der Waals surface area contributed by atoms with Crippen molar-refractivity contribution in [2.45, 2.75) is 0 Å². The van der Waals surface area contributed by atoms with Crippen LogP contribution in [0.5, 0.6) is 17.4 Å². The van der Waals surface area contributed by atoms with Crippen LogP contribution in [0.15, 0.2) is 39.3 Å². The number of nitrogens with zero attached hydrogens (tertiary/aromatic N) is 1. The Morgan fingerprint density at radius 1 is 1.11 bits per heavy atom. The number of aromatic nitrogens is 1. The smallest absolute Gasteiger partial charge is 0.221 e. The summed E-state index contributed by atoms with van der Waals surface area (Å²) in [6.45, 7) is 0. The molecule has 0 bridgehead atoms. The van der Waals surface area contributed by atoms with E-state index in [9.17, 15) is 4.39 Å². The quantitative estimate of drug-likeness (QED) is 0.736. The molecule has 2 aromatic rings. The van der Waals surface area contributed by atoms with E-state index in [2.05, 4.69) is 36.8 Å². The molecule has 1 heterocycles. The summed E-state index contributed by atoms with van der Waals surface area (Å²) in [5.41, 5.74) is 0. The molecule has 94 valence electrons. The van der Waals surface area contributed by atoms with E-state index in [0.29, 0.717) is 16.0 Å². The van der Waals surface area contributed by atoms with Gasteiger partial charge in [-0.15, -0.1) is 0 Å². The summed E-state index contributed by atoms with van der Waals surface area (Å²) in [7, 11) is 1.57. The van der Waals surface area contributed by atoms with Crippen LogP contribution in [-0.4, -0.2) is 12.1 Å². The standard InChI is InChI=1S/C12H8Br2FNO2/c1-17-9-5-8(14)10(6-7(9)13)18-12-4-2-3-11(15)16-12/h2-6H,1H3. The van der Waals surface area contributed by atoms with E-state index < -0.39 is 5.95 Å². The molecule has 2 rings (SSSR count). The van der Waals surface area contributed by atoms with Crippen molar-refractivity contribution >= 4 is 31.9 Å². The molecule has 0 atom stereocenters. The first-order valence-electron chi connectivity index (χ1n) is 4.93. The van der Waals surface area contributed by atoms with E-state index in [-0.39, 0.29) is 5.88 Å². The number of hydrogen-bond donors (Lipinski definition) is 0. The highest BCUT2D eigenvalue weighted by Gasteiger charge is 2.10. The second-order valence-corrected chi connectivity index (χ2v) is 5.03. The predicted molar refractivity (Wildman–Crippen MR) is 72.7 cm³/mol. The van der Waals surface area contributed by atoms with Crippen LogP contribution in [-0.2, 0) is 0 Å². The summed E-state index contributed by atoms with van der Waals surface area (Å²) in [5, 5.41) is 0. The number of benzene rings is 1. The van der Waals surface area contributed by atoms with Crippen LogP contribution in [0, 0.1) is 5.95 Å². The third-order valence-electron chi connectivity index (χ3n) is 2.11. The van der Waals surface area contributed by atoms with E-state index in [0.717, 1.165) is 4.47 Å². The van der Waals surface area contributed by atoms with Gasteiger partial charge in [0.2, 0.25) is 11.8 Å². The van der Waals surface area contributed by atoms with Crippen molar-refractivity contribution in [1.82, 2.24) is 4.98 Å². The van der Waals surface area contributed by atoms with Crippen LogP contribution in [0.2, 0.25) is 0 Å². The molecule has 1 aromatic carbocycles. The van der Waals surface area contributed by atoms with Gasteiger partial charge in [-0.2, -0.15) is 9.37 Å². The highest BCUT2D eigenvalue weighted by molar-refractivity contribution is 9.11. The molecule has 0 aliphatic carbocycles. The number of halogens is 3. The third kappa shape index (κ3) is 3.00.